The van der Waals surface area contributed by atoms with Crippen molar-refractivity contribution in [2.45, 2.75) is 27.2 Å². The molecule has 0 unspecified atom stereocenters. The van der Waals surface area contributed by atoms with Gasteiger partial charge in [-0.05, 0) is 30.4 Å². The van der Waals surface area contributed by atoms with Gasteiger partial charge in [0.15, 0.2) is 0 Å². The standard InChI is InChI=1S/C16H20N2OS/c1-9(2)8-11-4-6-12(7-5-11)13-10(3)20-16(18)14(13)15(17)19/h4-7,9H,8,18H2,1-3H3,(H2,17,19). The minimum Gasteiger partial charge on any atom is -0.390 e. The number of benzene rings is 1. The molecule has 0 saturated heterocycles. The number of rotatable bonds is 4. The zero-order valence-corrected chi connectivity index (χ0v) is 12.9. The molecule has 106 valence electrons. The van der Waals surface area contributed by atoms with Crippen LogP contribution < -0.4 is 11.5 Å². The number of carbonyl (C=O) groups excluding carboxylic acids is 1. The van der Waals surface area contributed by atoms with Gasteiger partial charge >= 0.3 is 0 Å². The lowest BCUT2D eigenvalue weighted by Crippen LogP contribution is -2.13. The van der Waals surface area contributed by atoms with E-state index in [9.17, 15) is 4.79 Å². The van der Waals surface area contributed by atoms with Crippen molar-refractivity contribution in [3.05, 3.63) is 40.3 Å². The zero-order chi connectivity index (χ0) is 14.9. The molecule has 4 N–H and O–H groups in total. The Morgan fingerprint density at radius 2 is 1.85 bits per heavy atom. The Labute approximate surface area is 123 Å². The lowest BCUT2D eigenvalue weighted by Gasteiger charge is -2.08. The van der Waals surface area contributed by atoms with Crippen LogP contribution in [0.4, 0.5) is 5.00 Å². The first-order chi connectivity index (χ1) is 9.40. The van der Waals surface area contributed by atoms with Crippen molar-refractivity contribution in [3.8, 4) is 11.1 Å². The first-order valence-corrected chi connectivity index (χ1v) is 7.49. The van der Waals surface area contributed by atoms with Crippen LogP contribution in [0.2, 0.25) is 0 Å². The SMILES string of the molecule is Cc1sc(N)c(C(N)=O)c1-c1ccc(CC(C)C)cc1. The Bertz CT molecular complexity index is 627. The fraction of sp³-hybridized carbons (Fsp3) is 0.312. The van der Waals surface area contributed by atoms with Gasteiger partial charge in [0, 0.05) is 10.4 Å². The smallest absolute Gasteiger partial charge is 0.252 e. The molecule has 0 aliphatic rings. The van der Waals surface area contributed by atoms with Crippen molar-refractivity contribution >= 4 is 22.2 Å². The number of nitrogen functional groups attached to an aromatic ring is 1. The maximum Gasteiger partial charge on any atom is 0.252 e. The molecule has 0 aliphatic carbocycles. The van der Waals surface area contributed by atoms with Gasteiger partial charge in [-0.15, -0.1) is 11.3 Å². The van der Waals surface area contributed by atoms with E-state index in [1.165, 1.54) is 16.9 Å². The Morgan fingerprint density at radius 1 is 1.25 bits per heavy atom. The fourth-order valence-electron chi connectivity index (χ4n) is 2.44. The van der Waals surface area contributed by atoms with Crippen molar-refractivity contribution in [2.24, 2.45) is 11.7 Å². The van der Waals surface area contributed by atoms with Crippen LogP contribution in [0.25, 0.3) is 11.1 Å². The minimum atomic E-state index is -0.465. The highest BCUT2D eigenvalue weighted by atomic mass is 32.1. The summed E-state index contributed by atoms with van der Waals surface area (Å²) in [7, 11) is 0. The summed E-state index contributed by atoms with van der Waals surface area (Å²) >= 11 is 1.41. The van der Waals surface area contributed by atoms with Crippen LogP contribution in [0.3, 0.4) is 0 Å². The van der Waals surface area contributed by atoms with Crippen molar-refractivity contribution in [3.63, 3.8) is 0 Å². The summed E-state index contributed by atoms with van der Waals surface area (Å²) in [5, 5.41) is 0.497. The Hall–Kier alpha value is -1.81. The molecular weight excluding hydrogens is 268 g/mol. The van der Waals surface area contributed by atoms with Crippen molar-refractivity contribution < 1.29 is 4.79 Å². The van der Waals surface area contributed by atoms with Gasteiger partial charge in [0.1, 0.15) is 0 Å². The lowest BCUT2D eigenvalue weighted by molar-refractivity contribution is 0.100. The third kappa shape index (κ3) is 2.85. The summed E-state index contributed by atoms with van der Waals surface area (Å²) in [6.07, 6.45) is 1.05. The molecule has 20 heavy (non-hydrogen) atoms. The summed E-state index contributed by atoms with van der Waals surface area (Å²) in [5.41, 5.74) is 15.0. The maximum absolute atomic E-state index is 11.6. The Morgan fingerprint density at radius 3 is 2.35 bits per heavy atom. The number of nitrogens with two attached hydrogens (primary N) is 2. The summed E-state index contributed by atoms with van der Waals surface area (Å²) in [6.45, 7) is 6.36. The summed E-state index contributed by atoms with van der Waals surface area (Å²) in [5.74, 6) is 0.161. The molecule has 0 radical (unpaired) electrons. The summed E-state index contributed by atoms with van der Waals surface area (Å²) in [4.78, 5) is 12.6. The topological polar surface area (TPSA) is 69.1 Å². The molecule has 0 aliphatic heterocycles. The van der Waals surface area contributed by atoms with Crippen LogP contribution in [0.5, 0.6) is 0 Å². The molecule has 4 heteroatoms. The molecular formula is C16H20N2OS. The predicted molar refractivity (Wildman–Crippen MR) is 86.0 cm³/mol. The average molecular weight is 288 g/mol. The van der Waals surface area contributed by atoms with E-state index in [0.29, 0.717) is 16.5 Å². The van der Waals surface area contributed by atoms with E-state index >= 15 is 0 Å². The summed E-state index contributed by atoms with van der Waals surface area (Å²) in [6, 6.07) is 8.29. The van der Waals surface area contributed by atoms with E-state index in [1.54, 1.807) is 0 Å². The first-order valence-electron chi connectivity index (χ1n) is 6.68. The van der Waals surface area contributed by atoms with Crippen LogP contribution in [0.15, 0.2) is 24.3 Å². The van der Waals surface area contributed by atoms with E-state index in [2.05, 4.69) is 26.0 Å². The lowest BCUT2D eigenvalue weighted by atomic mass is 9.97. The molecule has 3 nitrogen and oxygen atoms in total. The molecule has 1 aromatic carbocycles. The second-order valence-corrected chi connectivity index (χ2v) is 6.69. The largest absolute Gasteiger partial charge is 0.390 e. The summed E-state index contributed by atoms with van der Waals surface area (Å²) < 4.78 is 0. The van der Waals surface area contributed by atoms with Gasteiger partial charge in [-0.1, -0.05) is 38.1 Å². The number of anilines is 1. The van der Waals surface area contributed by atoms with Crippen molar-refractivity contribution in [1.29, 1.82) is 0 Å². The highest BCUT2D eigenvalue weighted by Gasteiger charge is 2.19. The van der Waals surface area contributed by atoms with E-state index in [-0.39, 0.29) is 0 Å². The third-order valence-electron chi connectivity index (χ3n) is 3.24. The molecule has 1 amide bonds. The predicted octanol–water partition coefficient (Wildman–Crippen LogP) is 3.60. The molecule has 0 spiro atoms. The molecule has 1 heterocycles. The van der Waals surface area contributed by atoms with E-state index in [1.807, 2.05) is 19.1 Å². The van der Waals surface area contributed by atoms with Crippen molar-refractivity contribution in [2.75, 3.05) is 5.73 Å². The van der Waals surface area contributed by atoms with Gasteiger partial charge in [0.05, 0.1) is 10.6 Å². The fourth-order valence-corrected chi connectivity index (χ4v) is 3.39. The van der Waals surface area contributed by atoms with Crippen LogP contribution in [-0.4, -0.2) is 5.91 Å². The number of hydrogen-bond acceptors (Lipinski definition) is 3. The van der Waals surface area contributed by atoms with Crippen LogP contribution >= 0.6 is 11.3 Å². The van der Waals surface area contributed by atoms with Gasteiger partial charge in [-0.2, -0.15) is 0 Å². The van der Waals surface area contributed by atoms with Gasteiger partial charge in [-0.25, -0.2) is 0 Å². The number of primary amides is 1. The molecule has 2 rings (SSSR count). The van der Waals surface area contributed by atoms with Crippen LogP contribution in [0, 0.1) is 12.8 Å². The van der Waals surface area contributed by atoms with Crippen LogP contribution in [-0.2, 0) is 6.42 Å². The van der Waals surface area contributed by atoms with Gasteiger partial charge in [0.25, 0.3) is 5.91 Å². The monoisotopic (exact) mass is 288 g/mol. The molecule has 0 bridgehead atoms. The molecule has 1 aromatic heterocycles. The molecule has 0 saturated carbocycles. The van der Waals surface area contributed by atoms with E-state index in [4.69, 9.17) is 11.5 Å². The second kappa shape index (κ2) is 5.67. The highest BCUT2D eigenvalue weighted by molar-refractivity contribution is 7.16. The van der Waals surface area contributed by atoms with Gasteiger partial charge in [0.2, 0.25) is 0 Å². The molecule has 2 aromatic rings. The highest BCUT2D eigenvalue weighted by Crippen LogP contribution is 2.37. The maximum atomic E-state index is 11.6. The normalized spacial score (nSPS) is 11.0. The average Bonchev–Trinajstić information content (AvgIpc) is 2.64. The van der Waals surface area contributed by atoms with Crippen molar-refractivity contribution in [1.82, 2.24) is 0 Å². The third-order valence-corrected chi connectivity index (χ3v) is 4.18. The number of carbonyl (C=O) groups is 1. The molecule has 0 fully saturated rings. The minimum absolute atomic E-state index is 0.448. The number of aryl methyl sites for hydroxylation is 1. The van der Waals surface area contributed by atoms with Gasteiger partial charge in [-0.3, -0.25) is 4.79 Å². The number of amides is 1. The zero-order valence-electron chi connectivity index (χ0n) is 12.1. The van der Waals surface area contributed by atoms with E-state index in [0.717, 1.165) is 22.4 Å². The second-order valence-electron chi connectivity index (χ2n) is 5.43. The quantitative estimate of drug-likeness (QED) is 0.902. The van der Waals surface area contributed by atoms with E-state index < -0.39 is 5.91 Å². The first kappa shape index (κ1) is 14.6. The number of hydrogen-bond donors (Lipinski definition) is 2. The molecule has 0 atom stereocenters. The Kier molecular flexibility index (Phi) is 4.14. The number of thiophene rings is 1. The Balaban J connectivity index is 2.44. The van der Waals surface area contributed by atoms with Gasteiger partial charge < -0.3 is 11.5 Å². The van der Waals surface area contributed by atoms with Crippen LogP contribution in [0.1, 0.15) is 34.6 Å².